The molecule has 4 rings (SSSR count). The first-order valence-electron chi connectivity index (χ1n) is 17.7. The van der Waals surface area contributed by atoms with Crippen LogP contribution in [0, 0.1) is 31.8 Å². The van der Waals surface area contributed by atoms with Crippen molar-refractivity contribution in [1.82, 2.24) is 20.6 Å². The fourth-order valence-electron chi connectivity index (χ4n) is 5.07. The quantitative estimate of drug-likeness (QED) is 0.0956. The van der Waals surface area contributed by atoms with Crippen LogP contribution in [0.15, 0.2) is 43.7 Å². The first-order chi connectivity index (χ1) is 28.9. The Hall–Kier alpha value is -7.15. The van der Waals surface area contributed by atoms with Gasteiger partial charge in [0.05, 0.1) is 30.6 Å². The van der Waals surface area contributed by atoms with Gasteiger partial charge in [-0.2, -0.15) is 5.26 Å². The molecule has 0 bridgehead atoms. The van der Waals surface area contributed by atoms with Crippen LogP contribution < -0.4 is 31.2 Å². The van der Waals surface area contributed by atoms with Crippen LogP contribution in [-0.2, 0) is 93.4 Å². The molecule has 2 aromatic rings. The van der Waals surface area contributed by atoms with Crippen molar-refractivity contribution in [2.24, 2.45) is 9.98 Å². The molecule has 0 aliphatic carbocycles. The van der Waals surface area contributed by atoms with Crippen LogP contribution in [0.2, 0.25) is 0 Å². The predicted molar refractivity (Wildman–Crippen MR) is 223 cm³/mol. The predicted octanol–water partition coefficient (Wildman–Crippen LogP) is 3.33. The second kappa shape index (κ2) is 27.7. The van der Waals surface area contributed by atoms with Gasteiger partial charge in [0.1, 0.15) is 35.9 Å². The summed E-state index contributed by atoms with van der Waals surface area (Å²) in [7, 11) is 1.23. The first-order valence-corrected chi connectivity index (χ1v) is 17.7. The number of carbonyl (C=O) groups is 8. The number of ether oxygens (including phenoxy) is 2. The largest absolute Gasteiger partial charge is 0.481 e. The molecule has 0 atom stereocenters. The van der Waals surface area contributed by atoms with Gasteiger partial charge in [0.25, 0.3) is 18.4 Å². The van der Waals surface area contributed by atoms with Gasteiger partial charge in [-0.15, -0.1) is 0 Å². The van der Waals surface area contributed by atoms with Gasteiger partial charge in [-0.3, -0.25) is 33.6 Å². The molecule has 24 heteroatoms. The summed E-state index contributed by atoms with van der Waals surface area (Å²) in [6, 6.07) is 2.02. The number of amidine groups is 2. The smallest absolute Gasteiger partial charge is 0.341 e. The van der Waals surface area contributed by atoms with Crippen LogP contribution in [0.3, 0.4) is 0 Å². The minimum absolute atomic E-state index is 0. The number of allylic oxidation sites excluding steroid dienone is 2. The SMILES string of the molecule is CC(=O)O.CC(=O)O.COC(=O)C1=C(C)C(=Cc2[n-]c(NC(C)=O)c(COC=O)c2C)N=C1NC(C)=O.[C-]#[N+]c1c(NC(C)=O)[n-]c(C=C2N=C(NC(C)=O)C(C#N)=C2C)c1C.[Zn].[Zn]. The third-order valence-electron chi connectivity index (χ3n) is 7.64. The molecule has 2 aliphatic rings. The van der Waals surface area contributed by atoms with E-state index >= 15 is 0 Å². The fraction of sp³-hybridized carbons (Fsp3) is 0.300. The maximum absolute atomic E-state index is 12.1. The Morgan fingerprint density at radius 1 is 0.734 bits per heavy atom. The number of hydrogen-bond acceptors (Lipinski definition) is 13. The molecule has 22 nitrogen and oxygen atoms in total. The van der Waals surface area contributed by atoms with Gasteiger partial charge in [-0.05, 0) is 92.9 Å². The van der Waals surface area contributed by atoms with Gasteiger partial charge in [-0.25, -0.2) is 19.6 Å². The number of carboxylic acids is 2. The number of nitrogens with zero attached hydrogens (tertiary/aromatic N) is 6. The van der Waals surface area contributed by atoms with E-state index in [1.807, 2.05) is 6.07 Å². The van der Waals surface area contributed by atoms with Crippen molar-refractivity contribution < 1.29 is 97.0 Å². The molecule has 4 amide bonds. The van der Waals surface area contributed by atoms with Crippen LogP contribution in [0.1, 0.15) is 83.5 Å². The average molecular weight is 988 g/mol. The molecule has 0 fully saturated rings. The Morgan fingerprint density at radius 2 is 1.16 bits per heavy atom. The Labute approximate surface area is 393 Å². The summed E-state index contributed by atoms with van der Waals surface area (Å²) in [6.45, 7) is 21.8. The maximum Gasteiger partial charge on any atom is 0.341 e. The number of methoxy groups -OCH3 is 1. The normalized spacial score (nSPS) is 13.1. The van der Waals surface area contributed by atoms with E-state index in [9.17, 15) is 34.0 Å². The van der Waals surface area contributed by atoms with Crippen molar-refractivity contribution in [1.29, 1.82) is 5.26 Å². The minimum atomic E-state index is -0.833. The van der Waals surface area contributed by atoms with E-state index in [1.54, 1.807) is 39.8 Å². The molecule has 64 heavy (non-hydrogen) atoms. The van der Waals surface area contributed by atoms with E-state index in [-0.39, 0.29) is 109 Å². The molecule has 0 unspecified atom stereocenters. The summed E-state index contributed by atoms with van der Waals surface area (Å²) >= 11 is 0. The Bertz CT molecular complexity index is 2440. The Kier molecular flexibility index (Phi) is 25.5. The second-order valence-electron chi connectivity index (χ2n) is 12.6. The van der Waals surface area contributed by atoms with Crippen LogP contribution >= 0.6 is 0 Å². The van der Waals surface area contributed by atoms with Gasteiger partial charge in [0.15, 0.2) is 11.5 Å². The van der Waals surface area contributed by atoms with Gasteiger partial charge >= 0.3 is 5.97 Å². The number of anilines is 2. The van der Waals surface area contributed by atoms with E-state index in [2.05, 4.69) is 46.1 Å². The zero-order valence-corrected chi connectivity index (χ0v) is 42.9. The molecule has 2 aliphatic heterocycles. The summed E-state index contributed by atoms with van der Waals surface area (Å²) in [5.41, 5.74) is 5.36. The van der Waals surface area contributed by atoms with Crippen molar-refractivity contribution in [3.63, 3.8) is 0 Å². The molecule has 332 valence electrons. The maximum atomic E-state index is 12.1. The van der Waals surface area contributed by atoms with Crippen LogP contribution in [0.4, 0.5) is 17.3 Å². The number of aliphatic carboxylic acids is 2. The number of rotatable bonds is 8. The average Bonchev–Trinajstić information content (AvgIpc) is 3.81. The number of aromatic nitrogens is 2. The fourth-order valence-corrected chi connectivity index (χ4v) is 5.07. The number of nitrogens with one attached hydrogen (secondary N) is 4. The molecule has 0 saturated carbocycles. The van der Waals surface area contributed by atoms with E-state index < -0.39 is 17.9 Å². The summed E-state index contributed by atoms with van der Waals surface area (Å²) < 4.78 is 9.59. The number of carboxylic acid groups (broad SMARTS) is 2. The van der Waals surface area contributed by atoms with Crippen molar-refractivity contribution in [2.75, 3.05) is 17.7 Å². The van der Waals surface area contributed by atoms with Crippen LogP contribution in [-0.4, -0.2) is 77.0 Å². The number of carbonyl (C=O) groups excluding carboxylic acids is 6. The molecule has 0 radical (unpaired) electrons. The van der Waals surface area contributed by atoms with Gasteiger partial charge < -0.3 is 50.9 Å². The zero-order valence-electron chi connectivity index (χ0n) is 37.0. The number of aliphatic imine (C=N–C) groups is 2. The standard InChI is InChI=1S/C19H22N4O6.C17H16N6O2.2C2H4O2.2Zn/c1-9-13(7-29-8-24)17(20-11(3)25)22-14(9)6-15-10(2)16(19(27)28-5)18(23-15)21-12(4)26;1-8-12(7-18)16(20-10(3)24)22-13(8)6-14-9(2)15(19-5)17(23-14)21-11(4)25;2*1-2(3)4;;/h6,8H,7H2,1-5H3,(H3,20,21,22,23,25,26,27);6H,1-4H3,(H3,20,21,22,23,24,25);2*1H3,(H,3,4);;/p-2. The van der Waals surface area contributed by atoms with E-state index in [4.69, 9.17) is 35.8 Å². The number of amides is 4. The van der Waals surface area contributed by atoms with Crippen molar-refractivity contribution in [3.8, 4) is 6.07 Å². The molecule has 4 heterocycles. The van der Waals surface area contributed by atoms with Crippen molar-refractivity contribution >= 4 is 89.2 Å². The van der Waals surface area contributed by atoms with Gasteiger partial charge in [0.2, 0.25) is 11.8 Å². The molecule has 0 spiro atoms. The van der Waals surface area contributed by atoms with E-state index in [0.29, 0.717) is 57.1 Å². The first kappa shape index (κ1) is 58.9. The van der Waals surface area contributed by atoms with Crippen LogP contribution in [0.5, 0.6) is 0 Å². The topological polar surface area (TPSA) is 325 Å². The zero-order chi connectivity index (χ0) is 47.6. The molecular weight excluding hydrogens is 943 g/mol. The number of hydrogen-bond donors (Lipinski definition) is 6. The Balaban J connectivity index is 0. The number of esters is 1. The Morgan fingerprint density at radius 3 is 1.59 bits per heavy atom. The number of nitriles is 1. The third-order valence-corrected chi connectivity index (χ3v) is 7.64. The van der Waals surface area contributed by atoms with Crippen LogP contribution in [0.25, 0.3) is 17.0 Å². The molecule has 0 saturated heterocycles. The van der Waals surface area contributed by atoms with Crippen molar-refractivity contribution in [2.45, 2.75) is 75.8 Å². The molecule has 0 aromatic carbocycles. The summed E-state index contributed by atoms with van der Waals surface area (Å²) in [4.78, 5) is 107. The molecule has 6 N–H and O–H groups in total. The third kappa shape index (κ3) is 17.7. The summed E-state index contributed by atoms with van der Waals surface area (Å²) in [5.74, 6) is -2.93. The second-order valence-corrected chi connectivity index (χ2v) is 12.6. The molecular formula is C40H44N10O12Zn2-2. The minimum Gasteiger partial charge on any atom is -0.481 e. The summed E-state index contributed by atoms with van der Waals surface area (Å²) in [6.07, 6.45) is 3.23. The van der Waals surface area contributed by atoms with Crippen molar-refractivity contribution in [3.05, 3.63) is 73.2 Å². The molecule has 2 aromatic heterocycles. The van der Waals surface area contributed by atoms with E-state index in [1.165, 1.54) is 34.8 Å². The van der Waals surface area contributed by atoms with Gasteiger partial charge in [-0.1, -0.05) is 11.6 Å². The van der Waals surface area contributed by atoms with E-state index in [0.717, 1.165) is 13.8 Å². The summed E-state index contributed by atoms with van der Waals surface area (Å²) in [5, 5.41) is 34.3. The van der Waals surface area contributed by atoms with Gasteiger partial charge in [0, 0.05) is 66.7 Å². The monoisotopic (exact) mass is 984 g/mol.